The molecule has 2 heterocycles. The van der Waals surface area contributed by atoms with Gasteiger partial charge in [0.25, 0.3) is 0 Å². The molecule has 0 saturated carbocycles. The third-order valence-electron chi connectivity index (χ3n) is 4.13. The quantitative estimate of drug-likeness (QED) is 0.412. The minimum absolute atomic E-state index is 0. The molecular formula is C16H22F2IN7. The van der Waals surface area contributed by atoms with Gasteiger partial charge >= 0.3 is 0 Å². The molecule has 1 saturated heterocycles. The first-order chi connectivity index (χ1) is 12.2. The van der Waals surface area contributed by atoms with Crippen LogP contribution in [0.2, 0.25) is 0 Å². The minimum atomic E-state index is -0.426. The Morgan fingerprint density at radius 3 is 2.65 bits per heavy atom. The van der Waals surface area contributed by atoms with Gasteiger partial charge in [-0.1, -0.05) is 0 Å². The molecule has 0 radical (unpaired) electrons. The summed E-state index contributed by atoms with van der Waals surface area (Å²) in [5, 5.41) is 7.34. The smallest absolute Gasteiger partial charge is 0.193 e. The van der Waals surface area contributed by atoms with Crippen LogP contribution in [0.25, 0.3) is 0 Å². The predicted octanol–water partition coefficient (Wildman–Crippen LogP) is 1.57. The second kappa shape index (κ2) is 9.64. The Labute approximate surface area is 168 Å². The molecule has 0 spiro atoms. The zero-order valence-corrected chi connectivity index (χ0v) is 16.8. The number of aliphatic imine (C=N–C) groups is 1. The third kappa shape index (κ3) is 5.02. The number of rotatable bonds is 4. The van der Waals surface area contributed by atoms with Crippen molar-refractivity contribution in [1.29, 1.82) is 0 Å². The van der Waals surface area contributed by atoms with Crippen molar-refractivity contribution < 1.29 is 8.78 Å². The molecule has 142 valence electrons. The Kier molecular flexibility index (Phi) is 7.54. The molecule has 10 heteroatoms. The highest BCUT2D eigenvalue weighted by Crippen LogP contribution is 2.21. The average Bonchev–Trinajstić information content (AvgIpc) is 3.15. The predicted molar refractivity (Wildman–Crippen MR) is 107 cm³/mol. The number of nitrogens with one attached hydrogen (secondary N) is 1. The second-order valence-corrected chi connectivity index (χ2v) is 5.70. The van der Waals surface area contributed by atoms with E-state index in [2.05, 4.69) is 25.3 Å². The molecule has 0 unspecified atom stereocenters. The van der Waals surface area contributed by atoms with E-state index in [-0.39, 0.29) is 24.0 Å². The zero-order valence-electron chi connectivity index (χ0n) is 14.5. The lowest BCUT2D eigenvalue weighted by molar-refractivity contribution is 0.369. The van der Waals surface area contributed by atoms with Crippen molar-refractivity contribution in [2.45, 2.75) is 6.54 Å². The van der Waals surface area contributed by atoms with Gasteiger partial charge in [0.05, 0.1) is 12.2 Å². The first-order valence-corrected chi connectivity index (χ1v) is 8.15. The standard InChI is InChI=1S/C16H21F2N7.HI/c1-19-16(21-4-5-25-12-20-11-22-25)24-8-6-23(7-9-24)15-10-13(17)2-3-14(15)18;/h2-3,10-12H,4-9H2,1H3,(H,19,21);1H. The number of aromatic nitrogens is 3. The molecule has 1 aromatic carbocycles. The van der Waals surface area contributed by atoms with Crippen molar-refractivity contribution in [3.8, 4) is 0 Å². The Morgan fingerprint density at radius 1 is 1.23 bits per heavy atom. The van der Waals surface area contributed by atoms with E-state index in [4.69, 9.17) is 0 Å². The molecule has 0 atom stereocenters. The van der Waals surface area contributed by atoms with E-state index in [0.717, 1.165) is 12.0 Å². The summed E-state index contributed by atoms with van der Waals surface area (Å²) in [5.41, 5.74) is 0.314. The van der Waals surface area contributed by atoms with Crippen LogP contribution in [-0.4, -0.2) is 65.4 Å². The maximum Gasteiger partial charge on any atom is 0.193 e. The van der Waals surface area contributed by atoms with E-state index >= 15 is 0 Å². The van der Waals surface area contributed by atoms with Crippen molar-refractivity contribution in [3.63, 3.8) is 0 Å². The van der Waals surface area contributed by atoms with Gasteiger partial charge < -0.3 is 15.1 Å². The van der Waals surface area contributed by atoms with Crippen LogP contribution in [0.4, 0.5) is 14.5 Å². The van der Waals surface area contributed by atoms with Gasteiger partial charge in [-0.3, -0.25) is 9.67 Å². The Hall–Kier alpha value is -1.98. The summed E-state index contributed by atoms with van der Waals surface area (Å²) in [6, 6.07) is 3.55. The minimum Gasteiger partial charge on any atom is -0.366 e. The van der Waals surface area contributed by atoms with Crippen LogP contribution in [0.15, 0.2) is 35.8 Å². The summed E-state index contributed by atoms with van der Waals surface area (Å²) in [5.74, 6) is -0.0333. The lowest BCUT2D eigenvalue weighted by Gasteiger charge is -2.37. The van der Waals surface area contributed by atoms with Crippen LogP contribution in [0.3, 0.4) is 0 Å². The van der Waals surface area contributed by atoms with Crippen LogP contribution in [0, 0.1) is 11.6 Å². The molecule has 1 aliphatic heterocycles. The number of anilines is 1. The van der Waals surface area contributed by atoms with E-state index in [0.29, 0.717) is 45.0 Å². The molecular weight excluding hydrogens is 455 g/mol. The number of benzene rings is 1. The SMILES string of the molecule is CN=C(NCCn1cncn1)N1CCN(c2cc(F)ccc2F)CC1.I. The first kappa shape index (κ1) is 20.3. The molecule has 0 aliphatic carbocycles. The average molecular weight is 477 g/mol. The first-order valence-electron chi connectivity index (χ1n) is 8.15. The van der Waals surface area contributed by atoms with Gasteiger partial charge in [0.15, 0.2) is 5.96 Å². The van der Waals surface area contributed by atoms with E-state index in [1.54, 1.807) is 18.1 Å². The topological polar surface area (TPSA) is 61.6 Å². The van der Waals surface area contributed by atoms with Gasteiger partial charge in [-0.2, -0.15) is 5.10 Å². The van der Waals surface area contributed by atoms with Gasteiger partial charge in [0.1, 0.15) is 24.3 Å². The summed E-state index contributed by atoms with van der Waals surface area (Å²) in [6.45, 7) is 3.93. The van der Waals surface area contributed by atoms with E-state index in [9.17, 15) is 8.78 Å². The van der Waals surface area contributed by atoms with Gasteiger partial charge in [-0.25, -0.2) is 13.8 Å². The fourth-order valence-corrected chi connectivity index (χ4v) is 2.85. The number of halogens is 3. The van der Waals surface area contributed by atoms with E-state index in [1.807, 2.05) is 4.90 Å². The van der Waals surface area contributed by atoms with Crippen LogP contribution in [0.5, 0.6) is 0 Å². The van der Waals surface area contributed by atoms with Crippen molar-refractivity contribution in [1.82, 2.24) is 25.0 Å². The highest BCUT2D eigenvalue weighted by Gasteiger charge is 2.21. The maximum atomic E-state index is 13.9. The molecule has 1 aromatic heterocycles. The Balaban J connectivity index is 0.00000243. The summed E-state index contributed by atoms with van der Waals surface area (Å²) in [7, 11) is 1.73. The summed E-state index contributed by atoms with van der Waals surface area (Å²) in [4.78, 5) is 12.2. The number of hydrogen-bond donors (Lipinski definition) is 1. The molecule has 1 N–H and O–H groups in total. The fourth-order valence-electron chi connectivity index (χ4n) is 2.85. The maximum absolute atomic E-state index is 13.9. The second-order valence-electron chi connectivity index (χ2n) is 5.70. The molecule has 1 fully saturated rings. The highest BCUT2D eigenvalue weighted by atomic mass is 127. The van der Waals surface area contributed by atoms with Gasteiger partial charge in [-0.05, 0) is 12.1 Å². The number of guanidine groups is 1. The third-order valence-corrected chi connectivity index (χ3v) is 4.13. The van der Waals surface area contributed by atoms with E-state index in [1.165, 1.54) is 18.5 Å². The van der Waals surface area contributed by atoms with Crippen molar-refractivity contribution >= 4 is 35.6 Å². The van der Waals surface area contributed by atoms with E-state index < -0.39 is 11.6 Å². The molecule has 26 heavy (non-hydrogen) atoms. The van der Waals surface area contributed by atoms with Gasteiger partial charge in [0.2, 0.25) is 0 Å². The van der Waals surface area contributed by atoms with Crippen LogP contribution >= 0.6 is 24.0 Å². The van der Waals surface area contributed by atoms with Crippen LogP contribution in [-0.2, 0) is 6.54 Å². The van der Waals surface area contributed by atoms with Crippen molar-refractivity contribution in [2.24, 2.45) is 4.99 Å². The molecule has 0 amide bonds. The fraction of sp³-hybridized carbons (Fsp3) is 0.438. The lowest BCUT2D eigenvalue weighted by atomic mass is 10.2. The molecule has 3 rings (SSSR count). The monoisotopic (exact) mass is 477 g/mol. The number of piperazine rings is 1. The van der Waals surface area contributed by atoms with Crippen molar-refractivity contribution in [3.05, 3.63) is 42.5 Å². The van der Waals surface area contributed by atoms with Crippen molar-refractivity contribution in [2.75, 3.05) is 44.7 Å². The number of nitrogens with zero attached hydrogens (tertiary/aromatic N) is 6. The molecule has 7 nitrogen and oxygen atoms in total. The lowest BCUT2D eigenvalue weighted by Crippen LogP contribution is -2.53. The summed E-state index contributed by atoms with van der Waals surface area (Å²) < 4.78 is 29.0. The van der Waals surface area contributed by atoms with Crippen LogP contribution < -0.4 is 10.2 Å². The van der Waals surface area contributed by atoms with Gasteiger partial charge in [-0.15, -0.1) is 24.0 Å². The number of hydrogen-bond acceptors (Lipinski definition) is 4. The summed E-state index contributed by atoms with van der Waals surface area (Å²) >= 11 is 0. The Morgan fingerprint density at radius 2 is 2.00 bits per heavy atom. The zero-order chi connectivity index (χ0) is 17.6. The van der Waals surface area contributed by atoms with Crippen LogP contribution in [0.1, 0.15) is 0 Å². The summed E-state index contributed by atoms with van der Waals surface area (Å²) in [6.07, 6.45) is 3.16. The highest BCUT2D eigenvalue weighted by molar-refractivity contribution is 14.0. The molecule has 0 bridgehead atoms. The largest absolute Gasteiger partial charge is 0.366 e. The normalized spacial score (nSPS) is 15.0. The molecule has 1 aliphatic rings. The van der Waals surface area contributed by atoms with Gasteiger partial charge in [0, 0.05) is 45.8 Å². The Bertz CT molecular complexity index is 715. The molecule has 2 aromatic rings.